The minimum Gasteiger partial charge on any atom is -0.496 e. The highest BCUT2D eigenvalue weighted by Crippen LogP contribution is 2.30. The van der Waals surface area contributed by atoms with E-state index in [4.69, 9.17) is 4.74 Å². The van der Waals surface area contributed by atoms with Crippen molar-refractivity contribution in [3.8, 4) is 17.0 Å². The third kappa shape index (κ3) is 2.63. The van der Waals surface area contributed by atoms with Crippen LogP contribution in [0.2, 0.25) is 0 Å². The summed E-state index contributed by atoms with van der Waals surface area (Å²) in [5.41, 5.74) is 5.58. The first-order valence-corrected chi connectivity index (χ1v) is 6.42. The Hall–Kier alpha value is -1.81. The van der Waals surface area contributed by atoms with Gasteiger partial charge in [-0.15, -0.1) is 0 Å². The SMILES string of the molecule is CNCc1nc(-c2cc(C)c(OC)cc2C)c(C)[nH]1. The van der Waals surface area contributed by atoms with Gasteiger partial charge in [-0.25, -0.2) is 4.98 Å². The van der Waals surface area contributed by atoms with Crippen molar-refractivity contribution in [3.63, 3.8) is 0 Å². The molecule has 0 unspecified atom stereocenters. The fourth-order valence-electron chi connectivity index (χ4n) is 2.30. The van der Waals surface area contributed by atoms with Gasteiger partial charge in [0.05, 0.1) is 19.3 Å². The van der Waals surface area contributed by atoms with Crippen LogP contribution in [0.4, 0.5) is 0 Å². The van der Waals surface area contributed by atoms with Gasteiger partial charge in [0.2, 0.25) is 0 Å². The average Bonchev–Trinajstić information content (AvgIpc) is 2.73. The van der Waals surface area contributed by atoms with Crippen molar-refractivity contribution in [2.75, 3.05) is 14.2 Å². The van der Waals surface area contributed by atoms with Gasteiger partial charge in [-0.05, 0) is 51.1 Å². The molecule has 19 heavy (non-hydrogen) atoms. The van der Waals surface area contributed by atoms with Crippen LogP contribution in [0.3, 0.4) is 0 Å². The molecule has 0 saturated carbocycles. The zero-order chi connectivity index (χ0) is 14.0. The first-order chi connectivity index (χ1) is 9.06. The molecule has 1 aromatic heterocycles. The molecule has 0 bridgehead atoms. The topological polar surface area (TPSA) is 49.9 Å². The minimum absolute atomic E-state index is 0.745. The number of H-pyrrole nitrogens is 1. The number of aromatic nitrogens is 2. The lowest BCUT2D eigenvalue weighted by Gasteiger charge is -2.10. The fourth-order valence-corrected chi connectivity index (χ4v) is 2.30. The number of imidazole rings is 1. The number of nitrogens with one attached hydrogen (secondary N) is 2. The predicted octanol–water partition coefficient (Wildman–Crippen LogP) is 2.73. The molecule has 0 aliphatic heterocycles. The molecular weight excluding hydrogens is 238 g/mol. The third-order valence-electron chi connectivity index (χ3n) is 3.27. The van der Waals surface area contributed by atoms with Crippen molar-refractivity contribution < 1.29 is 4.74 Å². The number of ether oxygens (including phenoxy) is 1. The first kappa shape index (κ1) is 13.6. The van der Waals surface area contributed by atoms with Crippen molar-refractivity contribution in [3.05, 3.63) is 34.8 Å². The van der Waals surface area contributed by atoms with E-state index in [1.807, 2.05) is 7.05 Å². The van der Waals surface area contributed by atoms with E-state index in [0.29, 0.717) is 0 Å². The Morgan fingerprint density at radius 1 is 1.21 bits per heavy atom. The molecular formula is C15H21N3O. The van der Waals surface area contributed by atoms with Crippen molar-refractivity contribution in [2.24, 2.45) is 0 Å². The van der Waals surface area contributed by atoms with Gasteiger partial charge in [-0.2, -0.15) is 0 Å². The van der Waals surface area contributed by atoms with Gasteiger partial charge < -0.3 is 15.0 Å². The molecule has 2 aromatic rings. The largest absolute Gasteiger partial charge is 0.496 e. The number of hydrogen-bond donors (Lipinski definition) is 2. The molecule has 0 fully saturated rings. The Morgan fingerprint density at radius 3 is 2.58 bits per heavy atom. The molecule has 1 aromatic carbocycles. The van der Waals surface area contributed by atoms with E-state index in [0.717, 1.165) is 40.6 Å². The van der Waals surface area contributed by atoms with Crippen molar-refractivity contribution in [2.45, 2.75) is 27.3 Å². The summed E-state index contributed by atoms with van der Waals surface area (Å²) in [5, 5.41) is 3.11. The summed E-state index contributed by atoms with van der Waals surface area (Å²) in [4.78, 5) is 7.98. The minimum atomic E-state index is 0.745. The molecule has 0 saturated heterocycles. The maximum atomic E-state index is 5.35. The van der Waals surface area contributed by atoms with Crippen LogP contribution in [0, 0.1) is 20.8 Å². The lowest BCUT2D eigenvalue weighted by Crippen LogP contribution is -2.06. The van der Waals surface area contributed by atoms with E-state index < -0.39 is 0 Å². The zero-order valence-electron chi connectivity index (χ0n) is 12.2. The number of hydrogen-bond acceptors (Lipinski definition) is 3. The van der Waals surface area contributed by atoms with Crippen LogP contribution in [0.15, 0.2) is 12.1 Å². The maximum Gasteiger partial charge on any atom is 0.122 e. The summed E-state index contributed by atoms with van der Waals surface area (Å²) in [6.45, 7) is 6.94. The van der Waals surface area contributed by atoms with Crippen LogP contribution in [0.5, 0.6) is 5.75 Å². The van der Waals surface area contributed by atoms with Gasteiger partial charge in [-0.1, -0.05) is 0 Å². The van der Waals surface area contributed by atoms with Crippen LogP contribution in [-0.2, 0) is 6.54 Å². The Bertz CT molecular complexity index is 587. The second-order valence-electron chi connectivity index (χ2n) is 4.82. The van der Waals surface area contributed by atoms with Gasteiger partial charge in [0.25, 0.3) is 0 Å². The average molecular weight is 259 g/mol. The van der Waals surface area contributed by atoms with Gasteiger partial charge in [0, 0.05) is 11.3 Å². The number of rotatable bonds is 4. The van der Waals surface area contributed by atoms with E-state index in [2.05, 4.69) is 48.2 Å². The summed E-state index contributed by atoms with van der Waals surface area (Å²) in [7, 11) is 3.62. The van der Waals surface area contributed by atoms with E-state index in [1.165, 1.54) is 5.56 Å². The number of benzene rings is 1. The number of aromatic amines is 1. The quantitative estimate of drug-likeness (QED) is 0.887. The molecule has 4 heteroatoms. The first-order valence-electron chi connectivity index (χ1n) is 6.42. The van der Waals surface area contributed by atoms with E-state index in [9.17, 15) is 0 Å². The Labute approximate surface area is 114 Å². The molecule has 0 spiro atoms. The van der Waals surface area contributed by atoms with Gasteiger partial charge >= 0.3 is 0 Å². The summed E-state index contributed by atoms with van der Waals surface area (Å²) in [6.07, 6.45) is 0. The maximum absolute atomic E-state index is 5.35. The van der Waals surface area contributed by atoms with Gasteiger partial charge in [-0.3, -0.25) is 0 Å². The molecule has 4 nitrogen and oxygen atoms in total. The van der Waals surface area contributed by atoms with E-state index in [1.54, 1.807) is 7.11 Å². The van der Waals surface area contributed by atoms with E-state index in [-0.39, 0.29) is 0 Å². The fraction of sp³-hybridized carbons (Fsp3) is 0.400. The van der Waals surface area contributed by atoms with Crippen LogP contribution in [0.1, 0.15) is 22.6 Å². The second kappa shape index (κ2) is 5.45. The molecule has 0 radical (unpaired) electrons. The zero-order valence-corrected chi connectivity index (χ0v) is 12.2. The van der Waals surface area contributed by atoms with Crippen molar-refractivity contribution >= 4 is 0 Å². The Morgan fingerprint density at radius 2 is 1.95 bits per heavy atom. The summed E-state index contributed by atoms with van der Waals surface area (Å²) >= 11 is 0. The lowest BCUT2D eigenvalue weighted by molar-refractivity contribution is 0.411. The van der Waals surface area contributed by atoms with E-state index >= 15 is 0 Å². The molecule has 0 atom stereocenters. The molecule has 1 heterocycles. The molecule has 2 rings (SSSR count). The highest BCUT2D eigenvalue weighted by atomic mass is 16.5. The standard InChI is InChI=1S/C15H21N3O/c1-9-7-13(19-5)10(2)6-12(9)15-11(3)17-14(18-15)8-16-4/h6-7,16H,8H2,1-5H3,(H,17,18). The Balaban J connectivity index is 2.49. The Kier molecular flexibility index (Phi) is 3.90. The third-order valence-corrected chi connectivity index (χ3v) is 3.27. The smallest absolute Gasteiger partial charge is 0.122 e. The summed E-state index contributed by atoms with van der Waals surface area (Å²) < 4.78 is 5.35. The summed E-state index contributed by atoms with van der Waals surface area (Å²) in [6, 6.07) is 4.21. The monoisotopic (exact) mass is 259 g/mol. The highest BCUT2D eigenvalue weighted by Gasteiger charge is 2.13. The second-order valence-corrected chi connectivity index (χ2v) is 4.82. The molecule has 0 aliphatic rings. The van der Waals surface area contributed by atoms with Crippen LogP contribution in [-0.4, -0.2) is 24.1 Å². The van der Waals surface area contributed by atoms with Crippen LogP contribution in [0.25, 0.3) is 11.3 Å². The lowest BCUT2D eigenvalue weighted by atomic mass is 10.0. The summed E-state index contributed by atoms with van der Waals surface area (Å²) in [5.74, 6) is 1.88. The van der Waals surface area contributed by atoms with Crippen LogP contribution < -0.4 is 10.1 Å². The molecule has 102 valence electrons. The molecule has 0 amide bonds. The predicted molar refractivity (Wildman–Crippen MR) is 77.6 cm³/mol. The van der Waals surface area contributed by atoms with Crippen LogP contribution >= 0.6 is 0 Å². The van der Waals surface area contributed by atoms with Crippen molar-refractivity contribution in [1.29, 1.82) is 0 Å². The van der Waals surface area contributed by atoms with Gasteiger partial charge in [0.15, 0.2) is 0 Å². The number of aryl methyl sites for hydroxylation is 3. The van der Waals surface area contributed by atoms with Crippen molar-refractivity contribution in [1.82, 2.24) is 15.3 Å². The normalized spacial score (nSPS) is 10.8. The number of methoxy groups -OCH3 is 1. The van der Waals surface area contributed by atoms with Gasteiger partial charge in [0.1, 0.15) is 11.6 Å². The molecule has 0 aliphatic carbocycles. The number of nitrogens with zero attached hydrogens (tertiary/aromatic N) is 1. The molecule has 2 N–H and O–H groups in total. The highest BCUT2D eigenvalue weighted by molar-refractivity contribution is 5.68.